The topological polar surface area (TPSA) is 68.0 Å². The molecule has 0 atom stereocenters. The SMILES string of the molecule is Cc1noc(C)c1C(=O)Nc1ccc(Cl)c(-c2nccc3ccccc23)c1. The quantitative estimate of drug-likeness (QED) is 0.518. The molecule has 4 rings (SSSR count). The summed E-state index contributed by atoms with van der Waals surface area (Å²) in [6, 6.07) is 15.3. The third-order valence-electron chi connectivity index (χ3n) is 4.41. The van der Waals surface area contributed by atoms with Crippen LogP contribution in [0.25, 0.3) is 22.0 Å². The van der Waals surface area contributed by atoms with Crippen molar-refractivity contribution < 1.29 is 9.32 Å². The van der Waals surface area contributed by atoms with E-state index in [9.17, 15) is 4.79 Å². The van der Waals surface area contributed by atoms with Gasteiger partial charge in [0.05, 0.1) is 16.4 Å². The summed E-state index contributed by atoms with van der Waals surface area (Å²) in [6.07, 6.45) is 1.75. The van der Waals surface area contributed by atoms with Crippen molar-refractivity contribution in [3.05, 3.63) is 76.8 Å². The molecule has 4 aromatic rings. The molecule has 2 heterocycles. The minimum Gasteiger partial charge on any atom is -0.361 e. The first-order chi connectivity index (χ1) is 13.0. The second-order valence-corrected chi connectivity index (χ2v) is 6.64. The highest BCUT2D eigenvalue weighted by Gasteiger charge is 2.18. The maximum absolute atomic E-state index is 12.6. The van der Waals surface area contributed by atoms with Crippen LogP contribution in [0.15, 0.2) is 59.3 Å². The van der Waals surface area contributed by atoms with Crippen molar-refractivity contribution in [3.8, 4) is 11.3 Å². The number of fused-ring (bicyclic) bond motifs is 1. The number of rotatable bonds is 3. The molecule has 1 N–H and O–H groups in total. The summed E-state index contributed by atoms with van der Waals surface area (Å²) in [5.74, 6) is 0.209. The Hall–Kier alpha value is -3.18. The predicted molar refractivity (Wildman–Crippen MR) is 106 cm³/mol. The molecule has 0 radical (unpaired) electrons. The van der Waals surface area contributed by atoms with E-state index < -0.39 is 0 Å². The van der Waals surface area contributed by atoms with E-state index in [0.717, 1.165) is 22.0 Å². The summed E-state index contributed by atoms with van der Waals surface area (Å²) in [5.41, 5.74) is 3.13. The zero-order valence-electron chi connectivity index (χ0n) is 14.8. The number of hydrogen-bond acceptors (Lipinski definition) is 4. The Kier molecular flexibility index (Phi) is 4.38. The number of carbonyl (C=O) groups excluding carboxylic acids is 1. The van der Waals surface area contributed by atoms with Crippen LogP contribution < -0.4 is 5.32 Å². The fraction of sp³-hybridized carbons (Fsp3) is 0.0952. The summed E-state index contributed by atoms with van der Waals surface area (Å²) < 4.78 is 5.07. The number of aryl methyl sites for hydroxylation is 2. The van der Waals surface area contributed by atoms with Crippen LogP contribution in [0.2, 0.25) is 5.02 Å². The van der Waals surface area contributed by atoms with Gasteiger partial charge in [-0.15, -0.1) is 0 Å². The smallest absolute Gasteiger partial charge is 0.261 e. The number of halogens is 1. The van der Waals surface area contributed by atoms with Gasteiger partial charge in [-0.2, -0.15) is 0 Å². The highest BCUT2D eigenvalue weighted by atomic mass is 35.5. The van der Waals surface area contributed by atoms with Gasteiger partial charge < -0.3 is 9.84 Å². The lowest BCUT2D eigenvalue weighted by atomic mass is 10.0. The lowest BCUT2D eigenvalue weighted by Crippen LogP contribution is -2.13. The molecule has 2 aromatic heterocycles. The number of amides is 1. The van der Waals surface area contributed by atoms with Crippen molar-refractivity contribution >= 4 is 34.0 Å². The van der Waals surface area contributed by atoms with Crippen LogP contribution in [-0.4, -0.2) is 16.0 Å². The zero-order chi connectivity index (χ0) is 19.0. The van der Waals surface area contributed by atoms with Gasteiger partial charge in [0.2, 0.25) is 0 Å². The number of nitrogens with zero attached hydrogens (tertiary/aromatic N) is 2. The van der Waals surface area contributed by atoms with Crippen molar-refractivity contribution in [2.45, 2.75) is 13.8 Å². The van der Waals surface area contributed by atoms with Crippen molar-refractivity contribution in [3.63, 3.8) is 0 Å². The van der Waals surface area contributed by atoms with E-state index in [1.807, 2.05) is 36.4 Å². The average molecular weight is 378 g/mol. The molecule has 5 nitrogen and oxygen atoms in total. The highest BCUT2D eigenvalue weighted by molar-refractivity contribution is 6.33. The van der Waals surface area contributed by atoms with E-state index in [1.54, 1.807) is 32.2 Å². The first-order valence-corrected chi connectivity index (χ1v) is 8.80. The van der Waals surface area contributed by atoms with E-state index in [-0.39, 0.29) is 5.91 Å². The molecule has 1 amide bonds. The fourth-order valence-corrected chi connectivity index (χ4v) is 3.33. The number of benzene rings is 2. The van der Waals surface area contributed by atoms with Crippen LogP contribution in [0.4, 0.5) is 5.69 Å². The first kappa shape index (κ1) is 17.2. The van der Waals surface area contributed by atoms with E-state index in [2.05, 4.69) is 15.5 Å². The maximum Gasteiger partial charge on any atom is 0.261 e. The minimum atomic E-state index is -0.273. The van der Waals surface area contributed by atoms with Crippen LogP contribution in [-0.2, 0) is 0 Å². The number of nitrogens with one attached hydrogen (secondary N) is 1. The molecule has 6 heteroatoms. The van der Waals surface area contributed by atoms with Crippen LogP contribution in [0, 0.1) is 13.8 Å². The van der Waals surface area contributed by atoms with E-state index in [4.69, 9.17) is 16.1 Å². The normalized spacial score (nSPS) is 10.9. The second-order valence-electron chi connectivity index (χ2n) is 6.23. The van der Waals surface area contributed by atoms with Gasteiger partial charge in [-0.1, -0.05) is 41.0 Å². The van der Waals surface area contributed by atoms with E-state index in [1.165, 1.54) is 0 Å². The lowest BCUT2D eigenvalue weighted by molar-refractivity contribution is 0.102. The van der Waals surface area contributed by atoms with Gasteiger partial charge in [0, 0.05) is 22.8 Å². The molecule has 0 fully saturated rings. The van der Waals surface area contributed by atoms with Crippen LogP contribution >= 0.6 is 11.6 Å². The molecule has 0 saturated heterocycles. The number of carbonyl (C=O) groups is 1. The first-order valence-electron chi connectivity index (χ1n) is 8.42. The van der Waals surface area contributed by atoms with Crippen molar-refractivity contribution in [1.29, 1.82) is 0 Å². The van der Waals surface area contributed by atoms with Gasteiger partial charge in [-0.05, 0) is 43.5 Å². The Morgan fingerprint density at radius 3 is 2.70 bits per heavy atom. The van der Waals surface area contributed by atoms with Crippen molar-refractivity contribution in [1.82, 2.24) is 10.1 Å². The van der Waals surface area contributed by atoms with Crippen LogP contribution in [0.5, 0.6) is 0 Å². The standard InChI is InChI=1S/C21H16ClN3O2/c1-12-19(13(2)27-25-12)21(26)24-15-7-8-18(22)17(11-15)20-16-6-4-3-5-14(16)9-10-23-20/h3-11H,1-2H3,(H,24,26). The van der Waals surface area contributed by atoms with Crippen molar-refractivity contribution in [2.24, 2.45) is 0 Å². The average Bonchev–Trinajstić information content (AvgIpc) is 3.01. The second kappa shape index (κ2) is 6.85. The highest BCUT2D eigenvalue weighted by Crippen LogP contribution is 2.34. The Morgan fingerprint density at radius 2 is 1.93 bits per heavy atom. The molecular weight excluding hydrogens is 362 g/mol. The molecule has 0 bridgehead atoms. The number of anilines is 1. The molecular formula is C21H16ClN3O2. The largest absolute Gasteiger partial charge is 0.361 e. The summed E-state index contributed by atoms with van der Waals surface area (Å²) in [5, 5.41) is 9.34. The van der Waals surface area contributed by atoms with Gasteiger partial charge in [0.25, 0.3) is 5.91 Å². The molecule has 134 valence electrons. The number of hydrogen-bond donors (Lipinski definition) is 1. The van der Waals surface area contributed by atoms with Gasteiger partial charge in [0.1, 0.15) is 11.3 Å². The van der Waals surface area contributed by atoms with Gasteiger partial charge in [-0.3, -0.25) is 9.78 Å². The molecule has 0 spiro atoms. The maximum atomic E-state index is 12.6. The third-order valence-corrected chi connectivity index (χ3v) is 4.74. The summed E-state index contributed by atoms with van der Waals surface area (Å²) in [4.78, 5) is 17.1. The van der Waals surface area contributed by atoms with Crippen molar-refractivity contribution in [2.75, 3.05) is 5.32 Å². The molecule has 0 aliphatic rings. The zero-order valence-corrected chi connectivity index (χ0v) is 15.5. The summed E-state index contributed by atoms with van der Waals surface area (Å²) in [7, 11) is 0. The Labute approximate surface area is 161 Å². The summed E-state index contributed by atoms with van der Waals surface area (Å²) in [6.45, 7) is 3.45. The van der Waals surface area contributed by atoms with Crippen LogP contribution in [0.3, 0.4) is 0 Å². The molecule has 0 unspecified atom stereocenters. The fourth-order valence-electron chi connectivity index (χ4n) is 3.12. The van der Waals surface area contributed by atoms with Crippen LogP contribution in [0.1, 0.15) is 21.8 Å². The van der Waals surface area contributed by atoms with Gasteiger partial charge in [0.15, 0.2) is 0 Å². The Bertz CT molecular complexity index is 1140. The monoisotopic (exact) mass is 377 g/mol. The van der Waals surface area contributed by atoms with Gasteiger partial charge in [-0.25, -0.2) is 0 Å². The third kappa shape index (κ3) is 3.17. The van der Waals surface area contributed by atoms with E-state index >= 15 is 0 Å². The Balaban J connectivity index is 1.75. The van der Waals surface area contributed by atoms with E-state index in [0.29, 0.717) is 27.7 Å². The molecule has 27 heavy (non-hydrogen) atoms. The number of pyridine rings is 1. The lowest BCUT2D eigenvalue weighted by Gasteiger charge is -2.11. The Morgan fingerprint density at radius 1 is 1.11 bits per heavy atom. The molecule has 2 aromatic carbocycles. The summed E-state index contributed by atoms with van der Waals surface area (Å²) >= 11 is 6.44. The van der Waals surface area contributed by atoms with Gasteiger partial charge >= 0.3 is 0 Å². The molecule has 0 aliphatic heterocycles. The minimum absolute atomic E-state index is 0.273. The molecule has 0 saturated carbocycles. The predicted octanol–water partition coefficient (Wildman–Crippen LogP) is 5.41. The molecule has 0 aliphatic carbocycles. The number of aromatic nitrogens is 2.